The van der Waals surface area contributed by atoms with Crippen LogP contribution in [0.2, 0.25) is 50.2 Å². The summed E-state index contributed by atoms with van der Waals surface area (Å²) < 4.78 is 0. The van der Waals surface area contributed by atoms with Crippen molar-refractivity contribution in [2.75, 3.05) is 0 Å². The summed E-state index contributed by atoms with van der Waals surface area (Å²) in [5.41, 5.74) is -0.481. The first kappa shape index (κ1) is 29.9. The van der Waals surface area contributed by atoms with Crippen molar-refractivity contribution < 1.29 is 4.79 Å². The van der Waals surface area contributed by atoms with Gasteiger partial charge in [0.15, 0.2) is 0 Å². The number of ketones is 1. The second-order valence-electron chi connectivity index (χ2n) is 6.22. The zero-order chi connectivity index (χ0) is 26.0. The minimum absolute atomic E-state index is 0.101. The monoisotopic (exact) mass is 734 g/mol. The molecule has 0 aliphatic heterocycles. The molecule has 0 N–H and O–H groups in total. The predicted molar refractivity (Wildman–Crippen MR) is 151 cm³/mol. The highest BCUT2D eigenvalue weighted by molar-refractivity contribution is 6.63. The summed E-state index contributed by atoms with van der Waals surface area (Å²) in [5.74, 6) is -0.838. The highest BCUT2D eigenvalue weighted by atomic mass is 35.5. The molecule has 34 heavy (non-hydrogen) atoms. The minimum atomic E-state index is -0.838. The number of benzene rings is 2. The lowest BCUT2D eigenvalue weighted by molar-refractivity contribution is -0.111. The van der Waals surface area contributed by atoms with Crippen molar-refractivity contribution in [2.45, 2.75) is 0 Å². The Morgan fingerprint density at radius 3 is 0.853 bits per heavy atom. The number of Topliss-reactive ketones (excluding diaryl/α,β-unsaturated/α-hetero) is 1. The van der Waals surface area contributed by atoms with Crippen molar-refractivity contribution in [1.82, 2.24) is 0 Å². The van der Waals surface area contributed by atoms with Gasteiger partial charge in [0.2, 0.25) is 5.78 Å². The van der Waals surface area contributed by atoms with Crippen LogP contribution in [-0.2, 0) is 4.79 Å². The Bertz CT molecular complexity index is 1240. The molecule has 0 bridgehead atoms. The van der Waals surface area contributed by atoms with Crippen LogP contribution in [0, 0.1) is 0 Å². The van der Waals surface area contributed by atoms with Gasteiger partial charge in [0.1, 0.15) is 10.1 Å². The topological polar surface area (TPSA) is 17.1 Å². The lowest BCUT2D eigenvalue weighted by atomic mass is 9.90. The number of hydrogen-bond acceptors (Lipinski definition) is 1. The van der Waals surface area contributed by atoms with Gasteiger partial charge in [-0.15, -0.1) is 0 Å². The maximum Gasteiger partial charge on any atom is 0.218 e. The van der Waals surface area contributed by atoms with Crippen LogP contribution >= 0.6 is 162 Å². The van der Waals surface area contributed by atoms with Crippen LogP contribution in [0.25, 0.3) is 5.57 Å². The van der Waals surface area contributed by atoms with Gasteiger partial charge in [-0.05, 0) is 0 Å². The Hall–Kier alpha value is 1.39. The third-order valence-electron chi connectivity index (χ3n) is 4.39. The summed E-state index contributed by atoms with van der Waals surface area (Å²) in [5, 5.41) is -3.52. The fraction of sp³-hybridized carbons (Fsp3) is 0. The number of allylic oxidation sites excluding steroid dienone is 5. The van der Waals surface area contributed by atoms with Gasteiger partial charge in [-0.2, -0.15) is 0 Å². The van der Waals surface area contributed by atoms with Crippen molar-refractivity contribution in [3.05, 3.63) is 87.1 Å². The van der Waals surface area contributed by atoms with E-state index in [-0.39, 0.29) is 82.6 Å². The second-order valence-corrected chi connectivity index (χ2v) is 11.5. The van der Waals surface area contributed by atoms with E-state index in [9.17, 15) is 4.79 Å². The minimum Gasteiger partial charge on any atom is -0.286 e. The Morgan fingerprint density at radius 1 is 0.353 bits per heavy atom. The van der Waals surface area contributed by atoms with Gasteiger partial charge in [-0.25, -0.2) is 0 Å². The summed E-state index contributed by atoms with van der Waals surface area (Å²) >= 11 is 88.7. The Kier molecular flexibility index (Phi) is 9.90. The molecular formula is C19Cl14O. The van der Waals surface area contributed by atoms with Crippen LogP contribution in [0.1, 0.15) is 11.1 Å². The average molecular weight is 741 g/mol. The molecule has 0 saturated carbocycles. The van der Waals surface area contributed by atoms with Gasteiger partial charge in [0, 0.05) is 22.3 Å². The summed E-state index contributed by atoms with van der Waals surface area (Å²) in [7, 11) is 0. The van der Waals surface area contributed by atoms with Crippen molar-refractivity contribution in [2.24, 2.45) is 0 Å². The third-order valence-corrected chi connectivity index (χ3v) is 10.6. The first-order chi connectivity index (χ1) is 15.7. The average Bonchev–Trinajstić information content (AvgIpc) is 2.81. The first-order valence-corrected chi connectivity index (χ1v) is 13.4. The molecule has 15 heteroatoms. The van der Waals surface area contributed by atoms with E-state index >= 15 is 0 Å². The van der Waals surface area contributed by atoms with Crippen LogP contribution < -0.4 is 0 Å². The molecule has 180 valence electrons. The highest BCUT2D eigenvalue weighted by Gasteiger charge is 2.36. The molecule has 0 heterocycles. The quantitative estimate of drug-likeness (QED) is 0.221. The van der Waals surface area contributed by atoms with Crippen molar-refractivity contribution in [3.8, 4) is 0 Å². The van der Waals surface area contributed by atoms with E-state index < -0.39 is 15.8 Å². The molecule has 0 aromatic heterocycles. The summed E-state index contributed by atoms with van der Waals surface area (Å²) in [6.45, 7) is 0. The molecule has 0 unspecified atom stereocenters. The molecule has 1 aliphatic carbocycles. The van der Waals surface area contributed by atoms with Crippen LogP contribution in [0.3, 0.4) is 0 Å². The number of carbonyl (C=O) groups is 1. The van der Waals surface area contributed by atoms with Gasteiger partial charge in [0.05, 0.1) is 60.3 Å². The molecule has 0 saturated heterocycles. The Balaban J connectivity index is 2.76. The Labute approximate surface area is 262 Å². The molecule has 0 atom stereocenters. The lowest BCUT2D eigenvalue weighted by Crippen LogP contribution is -2.12. The summed E-state index contributed by atoms with van der Waals surface area (Å²) in [6.07, 6.45) is 0. The van der Waals surface area contributed by atoms with E-state index in [4.69, 9.17) is 162 Å². The van der Waals surface area contributed by atoms with Crippen LogP contribution in [0.5, 0.6) is 0 Å². The molecule has 1 aliphatic rings. The molecule has 0 radical (unpaired) electrons. The highest BCUT2D eigenvalue weighted by Crippen LogP contribution is 2.56. The van der Waals surface area contributed by atoms with Gasteiger partial charge < -0.3 is 0 Å². The zero-order valence-electron chi connectivity index (χ0n) is 15.2. The predicted octanol–water partition coefficient (Wildman–Crippen LogP) is 13.0. The van der Waals surface area contributed by atoms with E-state index in [1.807, 2.05) is 0 Å². The summed E-state index contributed by atoms with van der Waals surface area (Å²) in [4.78, 5) is 12.4. The molecule has 2 aromatic rings. The molecule has 0 fully saturated rings. The normalized spacial score (nSPS) is 14.5. The largest absolute Gasteiger partial charge is 0.286 e. The van der Waals surface area contributed by atoms with E-state index in [0.717, 1.165) is 0 Å². The number of rotatable bonds is 2. The van der Waals surface area contributed by atoms with Gasteiger partial charge in [-0.1, -0.05) is 162 Å². The third kappa shape index (κ3) is 4.80. The molecule has 1 nitrogen and oxygen atoms in total. The van der Waals surface area contributed by atoms with E-state index in [1.54, 1.807) is 0 Å². The SMILES string of the molecule is O=C1C(Cl)=C(Cl)C(=C(c2c(Cl)c(Cl)c(Cl)c(Cl)c2Cl)c2c(Cl)c(Cl)c(Cl)c(Cl)c2Cl)C(Cl)=C1Cl. The Morgan fingerprint density at radius 2 is 0.588 bits per heavy atom. The smallest absolute Gasteiger partial charge is 0.218 e. The lowest BCUT2D eigenvalue weighted by Gasteiger charge is -2.25. The maximum atomic E-state index is 12.4. The fourth-order valence-electron chi connectivity index (χ4n) is 2.85. The van der Waals surface area contributed by atoms with Crippen LogP contribution in [-0.4, -0.2) is 5.78 Å². The van der Waals surface area contributed by atoms with Crippen molar-refractivity contribution >= 4 is 174 Å². The number of carbonyl (C=O) groups excluding carboxylic acids is 1. The maximum absolute atomic E-state index is 12.4. The van der Waals surface area contributed by atoms with E-state index in [2.05, 4.69) is 0 Å². The fourth-order valence-corrected chi connectivity index (χ4v) is 6.53. The van der Waals surface area contributed by atoms with E-state index in [0.29, 0.717) is 0 Å². The molecule has 3 rings (SSSR count). The zero-order valence-corrected chi connectivity index (χ0v) is 25.8. The van der Waals surface area contributed by atoms with Crippen molar-refractivity contribution in [3.63, 3.8) is 0 Å². The van der Waals surface area contributed by atoms with Gasteiger partial charge in [0.25, 0.3) is 0 Å². The molecule has 2 aromatic carbocycles. The number of halogens is 14. The summed E-state index contributed by atoms with van der Waals surface area (Å²) in [6, 6.07) is 0. The van der Waals surface area contributed by atoms with Gasteiger partial charge in [-0.3, -0.25) is 4.79 Å². The molecular weight excluding hydrogens is 741 g/mol. The van der Waals surface area contributed by atoms with E-state index in [1.165, 1.54) is 0 Å². The second kappa shape index (κ2) is 11.2. The molecule has 0 spiro atoms. The van der Waals surface area contributed by atoms with Crippen molar-refractivity contribution in [1.29, 1.82) is 0 Å². The van der Waals surface area contributed by atoms with Crippen LogP contribution in [0.4, 0.5) is 0 Å². The first-order valence-electron chi connectivity index (χ1n) is 8.10. The van der Waals surface area contributed by atoms with Crippen LogP contribution in [0.15, 0.2) is 25.7 Å². The number of hydrogen-bond donors (Lipinski definition) is 0. The van der Waals surface area contributed by atoms with Gasteiger partial charge >= 0.3 is 0 Å². The molecule has 0 amide bonds. The standard InChI is InChI=1S/C19Cl14O/c20-5-2(6(21)12(27)15(30)11(5)26)1(3-7(22)13(28)16(31)14(29)8(3)23)4-9(24)17(32)19(34)18(33)10(4)25.